The molecule has 1 amide bonds. The molecule has 0 saturated carbocycles. The number of benzene rings is 1. The number of amides is 1. The van der Waals surface area contributed by atoms with Gasteiger partial charge in [-0.3, -0.25) is 4.79 Å². The van der Waals surface area contributed by atoms with Crippen molar-refractivity contribution in [1.82, 2.24) is 9.97 Å². The van der Waals surface area contributed by atoms with Gasteiger partial charge in [0.25, 0.3) is 5.91 Å². The van der Waals surface area contributed by atoms with Gasteiger partial charge in [0.2, 0.25) is 0 Å². The van der Waals surface area contributed by atoms with Gasteiger partial charge >= 0.3 is 5.69 Å². The second-order valence-corrected chi connectivity index (χ2v) is 4.09. The summed E-state index contributed by atoms with van der Waals surface area (Å²) in [6.07, 6.45) is 0. The molecule has 6 heteroatoms. The first-order chi connectivity index (χ1) is 8.56. The Kier molecular flexibility index (Phi) is 2.00. The number of hydrazone groups is 1. The predicted molar refractivity (Wildman–Crippen MR) is 68.7 cm³/mol. The minimum atomic E-state index is -0.279. The van der Waals surface area contributed by atoms with E-state index in [1.807, 2.05) is 0 Å². The van der Waals surface area contributed by atoms with Crippen LogP contribution < -0.4 is 10.7 Å². The maximum Gasteiger partial charge on any atom is 0.323 e. The van der Waals surface area contributed by atoms with Crippen molar-refractivity contribution in [2.45, 2.75) is 6.92 Å². The van der Waals surface area contributed by atoms with Crippen LogP contribution in [-0.2, 0) is 4.79 Å². The van der Waals surface area contributed by atoms with Gasteiger partial charge in [0.15, 0.2) is 0 Å². The SMILES string of the molecule is C=C1C(=O)N(c2ccc3[nH]c(=O)[nH]c3c2)N=C1C. The van der Waals surface area contributed by atoms with Crippen LogP contribution in [0.15, 0.2) is 40.2 Å². The number of nitrogens with one attached hydrogen (secondary N) is 2. The Balaban J connectivity index is 2.13. The van der Waals surface area contributed by atoms with E-state index in [0.29, 0.717) is 28.0 Å². The number of nitrogens with zero attached hydrogens (tertiary/aromatic N) is 2. The molecule has 0 spiro atoms. The Labute approximate surface area is 102 Å². The Morgan fingerprint density at radius 2 is 1.94 bits per heavy atom. The summed E-state index contributed by atoms with van der Waals surface area (Å²) in [5, 5.41) is 5.41. The minimum Gasteiger partial charge on any atom is -0.306 e. The maximum absolute atomic E-state index is 11.9. The second-order valence-electron chi connectivity index (χ2n) is 4.09. The quantitative estimate of drug-likeness (QED) is 0.735. The smallest absolute Gasteiger partial charge is 0.306 e. The van der Waals surface area contributed by atoms with Crippen molar-refractivity contribution in [3.8, 4) is 0 Å². The lowest BCUT2D eigenvalue weighted by Crippen LogP contribution is -2.20. The molecule has 1 aliphatic rings. The highest BCUT2D eigenvalue weighted by Gasteiger charge is 2.27. The van der Waals surface area contributed by atoms with Crippen LogP contribution in [-0.4, -0.2) is 21.6 Å². The van der Waals surface area contributed by atoms with Gasteiger partial charge in [0.1, 0.15) is 0 Å². The molecule has 0 saturated heterocycles. The van der Waals surface area contributed by atoms with E-state index in [0.717, 1.165) is 0 Å². The van der Waals surface area contributed by atoms with E-state index < -0.39 is 0 Å². The molecule has 1 aromatic carbocycles. The second kappa shape index (κ2) is 3.43. The maximum atomic E-state index is 11.9. The van der Waals surface area contributed by atoms with Gasteiger partial charge in [-0.25, -0.2) is 4.79 Å². The van der Waals surface area contributed by atoms with Crippen molar-refractivity contribution in [3.05, 3.63) is 40.8 Å². The predicted octanol–water partition coefficient (Wildman–Crippen LogP) is 1.13. The third kappa shape index (κ3) is 1.39. The number of hydrogen-bond donors (Lipinski definition) is 2. The Morgan fingerprint density at radius 3 is 2.61 bits per heavy atom. The van der Waals surface area contributed by atoms with Crippen LogP contribution >= 0.6 is 0 Å². The summed E-state index contributed by atoms with van der Waals surface area (Å²) in [5.41, 5.74) is 2.63. The van der Waals surface area contributed by atoms with Gasteiger partial charge in [-0.15, -0.1) is 0 Å². The molecule has 1 aromatic heterocycles. The number of fused-ring (bicyclic) bond motifs is 1. The van der Waals surface area contributed by atoms with E-state index in [-0.39, 0.29) is 11.6 Å². The molecule has 0 bridgehead atoms. The van der Waals surface area contributed by atoms with Crippen molar-refractivity contribution in [1.29, 1.82) is 0 Å². The molecule has 0 unspecified atom stereocenters. The molecule has 2 N–H and O–H groups in total. The van der Waals surface area contributed by atoms with E-state index in [1.165, 1.54) is 5.01 Å². The lowest BCUT2D eigenvalue weighted by molar-refractivity contribution is -0.114. The molecule has 3 rings (SSSR count). The van der Waals surface area contributed by atoms with E-state index in [4.69, 9.17) is 0 Å². The van der Waals surface area contributed by atoms with Crippen LogP contribution in [0.5, 0.6) is 0 Å². The largest absolute Gasteiger partial charge is 0.323 e. The minimum absolute atomic E-state index is 0.246. The third-order valence-electron chi connectivity index (χ3n) is 2.88. The number of aromatic amines is 2. The van der Waals surface area contributed by atoms with Crippen LogP contribution in [0.25, 0.3) is 11.0 Å². The molecule has 90 valence electrons. The highest BCUT2D eigenvalue weighted by Crippen LogP contribution is 2.24. The van der Waals surface area contributed by atoms with Crippen LogP contribution in [0.3, 0.4) is 0 Å². The Morgan fingerprint density at radius 1 is 1.22 bits per heavy atom. The average Bonchev–Trinajstić information content (AvgIpc) is 2.82. The summed E-state index contributed by atoms with van der Waals surface area (Å²) in [5.74, 6) is -0.246. The molecular formula is C12H10N4O2. The summed E-state index contributed by atoms with van der Waals surface area (Å²) in [7, 11) is 0. The van der Waals surface area contributed by atoms with Gasteiger partial charge in [0, 0.05) is 0 Å². The fourth-order valence-corrected chi connectivity index (χ4v) is 1.87. The molecule has 1 aliphatic heterocycles. The third-order valence-corrected chi connectivity index (χ3v) is 2.88. The van der Waals surface area contributed by atoms with Gasteiger partial charge in [-0.2, -0.15) is 10.1 Å². The summed E-state index contributed by atoms with van der Waals surface area (Å²) >= 11 is 0. The van der Waals surface area contributed by atoms with Gasteiger partial charge in [-0.05, 0) is 25.1 Å². The molecule has 18 heavy (non-hydrogen) atoms. The number of hydrogen-bond acceptors (Lipinski definition) is 3. The first-order valence-corrected chi connectivity index (χ1v) is 5.37. The van der Waals surface area contributed by atoms with Crippen molar-refractivity contribution in [2.24, 2.45) is 5.10 Å². The van der Waals surface area contributed by atoms with E-state index >= 15 is 0 Å². The molecule has 2 heterocycles. The van der Waals surface area contributed by atoms with Crippen LogP contribution in [0.4, 0.5) is 5.69 Å². The van der Waals surface area contributed by atoms with Gasteiger partial charge < -0.3 is 9.97 Å². The number of imidazole rings is 1. The molecular weight excluding hydrogens is 232 g/mol. The number of anilines is 1. The zero-order chi connectivity index (χ0) is 12.9. The van der Waals surface area contributed by atoms with Crippen molar-refractivity contribution in [3.63, 3.8) is 0 Å². The van der Waals surface area contributed by atoms with Crippen molar-refractivity contribution >= 4 is 28.3 Å². The summed E-state index contributed by atoms with van der Waals surface area (Å²) in [6, 6.07) is 5.14. The monoisotopic (exact) mass is 242 g/mol. The standard InChI is InChI=1S/C12H10N4O2/c1-6-7(2)15-16(11(6)17)8-3-4-9-10(5-8)14-12(18)13-9/h3-5H,1H2,2H3,(H2,13,14,18). The fraction of sp³-hybridized carbons (Fsp3) is 0.0833. The van der Waals surface area contributed by atoms with Crippen LogP contribution in [0, 0.1) is 0 Å². The summed E-state index contributed by atoms with van der Waals surface area (Å²) in [6.45, 7) is 5.41. The topological polar surface area (TPSA) is 81.3 Å². The van der Waals surface area contributed by atoms with Gasteiger partial charge in [0.05, 0.1) is 28.0 Å². The first kappa shape index (κ1) is 10.5. The summed E-state index contributed by atoms with van der Waals surface area (Å²) in [4.78, 5) is 28.3. The number of rotatable bonds is 1. The zero-order valence-corrected chi connectivity index (χ0v) is 9.65. The van der Waals surface area contributed by atoms with Crippen molar-refractivity contribution < 1.29 is 4.79 Å². The number of carbonyl (C=O) groups excluding carboxylic acids is 1. The van der Waals surface area contributed by atoms with Gasteiger partial charge in [-0.1, -0.05) is 6.58 Å². The van der Waals surface area contributed by atoms with Crippen molar-refractivity contribution in [2.75, 3.05) is 5.01 Å². The average molecular weight is 242 g/mol. The molecule has 2 aromatic rings. The van der Waals surface area contributed by atoms with E-state index in [1.54, 1.807) is 25.1 Å². The lowest BCUT2D eigenvalue weighted by Gasteiger charge is -2.11. The van der Waals surface area contributed by atoms with Crippen LogP contribution in [0.1, 0.15) is 6.92 Å². The fourth-order valence-electron chi connectivity index (χ4n) is 1.87. The highest BCUT2D eigenvalue weighted by atomic mass is 16.2. The zero-order valence-electron chi connectivity index (χ0n) is 9.65. The Hall–Kier alpha value is -2.63. The molecule has 0 radical (unpaired) electrons. The molecule has 0 fully saturated rings. The number of carbonyl (C=O) groups is 1. The molecule has 0 aliphatic carbocycles. The molecule has 6 nitrogen and oxygen atoms in total. The summed E-state index contributed by atoms with van der Waals surface area (Å²) < 4.78 is 0. The lowest BCUT2D eigenvalue weighted by atomic mass is 10.2. The van der Waals surface area contributed by atoms with E-state index in [9.17, 15) is 9.59 Å². The Bertz CT molecular complexity index is 766. The first-order valence-electron chi connectivity index (χ1n) is 5.37. The molecule has 0 atom stereocenters. The van der Waals surface area contributed by atoms with E-state index in [2.05, 4.69) is 21.6 Å². The normalized spacial score (nSPS) is 15.6. The van der Waals surface area contributed by atoms with Crippen LogP contribution in [0.2, 0.25) is 0 Å². The number of H-pyrrole nitrogens is 2. The highest BCUT2D eigenvalue weighted by molar-refractivity contribution is 6.29. The number of aromatic nitrogens is 2.